The minimum atomic E-state index is 0.454. The van der Waals surface area contributed by atoms with Crippen molar-refractivity contribution in [2.45, 2.75) is 76.4 Å². The molecule has 3 heteroatoms. The van der Waals surface area contributed by atoms with Crippen LogP contribution in [0.5, 0.6) is 0 Å². The lowest BCUT2D eigenvalue weighted by molar-refractivity contribution is 0.101. The van der Waals surface area contributed by atoms with Crippen LogP contribution in [0.4, 0.5) is 0 Å². The zero-order valence-electron chi connectivity index (χ0n) is 11.5. The Kier molecular flexibility index (Phi) is 6.18. The van der Waals surface area contributed by atoms with Gasteiger partial charge in [-0.05, 0) is 64.2 Å². The van der Waals surface area contributed by atoms with Crippen LogP contribution in [0.1, 0.15) is 64.2 Å². The van der Waals surface area contributed by atoms with Crippen LogP contribution < -0.4 is 11.3 Å². The lowest BCUT2D eigenvalue weighted by atomic mass is 9.92. The Hall–Kier alpha value is -0.380. The molecule has 0 bridgehead atoms. The van der Waals surface area contributed by atoms with Gasteiger partial charge >= 0.3 is 0 Å². The first-order valence-electron chi connectivity index (χ1n) is 7.64. The molecule has 104 valence electrons. The summed E-state index contributed by atoms with van der Waals surface area (Å²) in [5, 5.41) is 0. The van der Waals surface area contributed by atoms with E-state index < -0.39 is 0 Å². The van der Waals surface area contributed by atoms with Crippen molar-refractivity contribution in [3.63, 3.8) is 0 Å². The quantitative estimate of drug-likeness (QED) is 0.416. The summed E-state index contributed by atoms with van der Waals surface area (Å²) < 4.78 is 5.66. The van der Waals surface area contributed by atoms with Gasteiger partial charge in [0.2, 0.25) is 0 Å². The fourth-order valence-corrected chi connectivity index (χ4v) is 3.11. The Morgan fingerprint density at radius 3 is 3.00 bits per heavy atom. The second-order valence-corrected chi connectivity index (χ2v) is 5.74. The second kappa shape index (κ2) is 7.93. The Morgan fingerprint density at radius 2 is 2.33 bits per heavy atom. The molecule has 1 aliphatic heterocycles. The van der Waals surface area contributed by atoms with Gasteiger partial charge in [0.25, 0.3) is 0 Å². The van der Waals surface area contributed by atoms with Crippen LogP contribution in [-0.4, -0.2) is 18.8 Å². The highest BCUT2D eigenvalue weighted by atomic mass is 16.5. The number of nitrogens with one attached hydrogen (secondary N) is 1. The first-order chi connectivity index (χ1) is 8.88. The highest BCUT2D eigenvalue weighted by Crippen LogP contribution is 2.23. The highest BCUT2D eigenvalue weighted by molar-refractivity contribution is 5.06. The monoisotopic (exact) mass is 252 g/mol. The van der Waals surface area contributed by atoms with Crippen LogP contribution in [0.25, 0.3) is 0 Å². The number of hydrogen-bond donors (Lipinski definition) is 2. The van der Waals surface area contributed by atoms with Gasteiger partial charge in [-0.2, -0.15) is 0 Å². The summed E-state index contributed by atoms with van der Waals surface area (Å²) >= 11 is 0. The lowest BCUT2D eigenvalue weighted by Gasteiger charge is -2.20. The van der Waals surface area contributed by atoms with Crippen LogP contribution in [-0.2, 0) is 4.74 Å². The third kappa shape index (κ3) is 4.71. The van der Waals surface area contributed by atoms with Gasteiger partial charge in [-0.25, -0.2) is 0 Å². The molecule has 0 radical (unpaired) electrons. The van der Waals surface area contributed by atoms with Gasteiger partial charge in [0.1, 0.15) is 0 Å². The highest BCUT2D eigenvalue weighted by Gasteiger charge is 2.16. The Labute approximate surface area is 111 Å². The van der Waals surface area contributed by atoms with Crippen molar-refractivity contribution in [3.05, 3.63) is 11.6 Å². The maximum Gasteiger partial charge on any atom is 0.0576 e. The van der Waals surface area contributed by atoms with E-state index >= 15 is 0 Å². The van der Waals surface area contributed by atoms with Gasteiger partial charge in [0, 0.05) is 12.6 Å². The van der Waals surface area contributed by atoms with E-state index in [9.17, 15) is 0 Å². The summed E-state index contributed by atoms with van der Waals surface area (Å²) in [7, 11) is 0. The molecule has 1 saturated heterocycles. The second-order valence-electron chi connectivity index (χ2n) is 5.74. The zero-order chi connectivity index (χ0) is 12.6. The van der Waals surface area contributed by atoms with Gasteiger partial charge in [-0.1, -0.05) is 11.6 Å². The van der Waals surface area contributed by atoms with Crippen LogP contribution in [0.3, 0.4) is 0 Å². The molecule has 0 aromatic heterocycles. The molecule has 0 aromatic rings. The molecule has 1 heterocycles. The average Bonchev–Trinajstić information content (AvgIpc) is 2.92. The van der Waals surface area contributed by atoms with E-state index in [0.29, 0.717) is 12.1 Å². The topological polar surface area (TPSA) is 47.3 Å². The molecule has 2 rings (SSSR count). The van der Waals surface area contributed by atoms with Crippen LogP contribution in [0, 0.1) is 0 Å². The normalized spacial score (nSPS) is 26.1. The van der Waals surface area contributed by atoms with E-state index in [4.69, 9.17) is 10.6 Å². The molecule has 2 atom stereocenters. The standard InChI is InChI=1S/C15H28N2O/c16-17-14(12-13-6-2-1-3-7-13)8-4-9-15-10-5-11-18-15/h6,14-15,17H,1-5,7-12,16H2. The first kappa shape index (κ1) is 14.0. The minimum Gasteiger partial charge on any atom is -0.378 e. The molecule has 0 aromatic carbocycles. The van der Waals surface area contributed by atoms with E-state index in [1.165, 1.54) is 57.8 Å². The van der Waals surface area contributed by atoms with Crippen molar-refractivity contribution in [1.29, 1.82) is 0 Å². The maximum atomic E-state index is 5.68. The fraction of sp³-hybridized carbons (Fsp3) is 0.867. The summed E-state index contributed by atoms with van der Waals surface area (Å²) in [6.45, 7) is 0.968. The van der Waals surface area contributed by atoms with Crippen LogP contribution in [0.15, 0.2) is 11.6 Å². The molecule has 18 heavy (non-hydrogen) atoms. The number of allylic oxidation sites excluding steroid dienone is 1. The van der Waals surface area contributed by atoms with Gasteiger partial charge in [0.05, 0.1) is 6.10 Å². The number of nitrogens with two attached hydrogens (primary N) is 1. The smallest absolute Gasteiger partial charge is 0.0576 e. The Bertz CT molecular complexity index is 259. The van der Waals surface area contributed by atoms with Crippen molar-refractivity contribution in [2.75, 3.05) is 6.61 Å². The SMILES string of the molecule is NNC(CCCC1CCCO1)CC1=CCCCC1. The number of ether oxygens (including phenoxy) is 1. The molecule has 0 amide bonds. The average molecular weight is 252 g/mol. The summed E-state index contributed by atoms with van der Waals surface area (Å²) in [4.78, 5) is 0. The van der Waals surface area contributed by atoms with Crippen molar-refractivity contribution >= 4 is 0 Å². The molecule has 2 aliphatic rings. The lowest BCUT2D eigenvalue weighted by Crippen LogP contribution is -2.35. The van der Waals surface area contributed by atoms with Gasteiger partial charge in [-0.15, -0.1) is 0 Å². The molecule has 0 saturated carbocycles. The summed E-state index contributed by atoms with van der Waals surface area (Å²) in [5.41, 5.74) is 4.61. The Morgan fingerprint density at radius 1 is 1.39 bits per heavy atom. The predicted octanol–water partition coefficient (Wildman–Crippen LogP) is 3.06. The number of hydrogen-bond acceptors (Lipinski definition) is 3. The van der Waals surface area contributed by atoms with Crippen molar-refractivity contribution in [2.24, 2.45) is 5.84 Å². The van der Waals surface area contributed by atoms with E-state index in [0.717, 1.165) is 13.0 Å². The van der Waals surface area contributed by atoms with Crippen LogP contribution >= 0.6 is 0 Å². The van der Waals surface area contributed by atoms with Crippen molar-refractivity contribution < 1.29 is 4.74 Å². The molecular formula is C15H28N2O. The molecule has 1 fully saturated rings. The van der Waals surface area contributed by atoms with Crippen LogP contribution in [0.2, 0.25) is 0 Å². The third-order valence-electron chi connectivity index (χ3n) is 4.23. The number of hydrazine groups is 1. The van der Waals surface area contributed by atoms with Gasteiger partial charge in [-0.3, -0.25) is 11.3 Å². The largest absolute Gasteiger partial charge is 0.378 e. The first-order valence-corrected chi connectivity index (χ1v) is 7.64. The molecule has 1 aliphatic carbocycles. The molecular weight excluding hydrogens is 224 g/mol. The third-order valence-corrected chi connectivity index (χ3v) is 4.23. The van der Waals surface area contributed by atoms with E-state index in [2.05, 4.69) is 11.5 Å². The van der Waals surface area contributed by atoms with Gasteiger partial charge in [0.15, 0.2) is 0 Å². The fourth-order valence-electron chi connectivity index (χ4n) is 3.11. The molecule has 0 spiro atoms. The van der Waals surface area contributed by atoms with Crippen molar-refractivity contribution in [1.82, 2.24) is 5.43 Å². The zero-order valence-corrected chi connectivity index (χ0v) is 11.5. The molecule has 3 nitrogen and oxygen atoms in total. The van der Waals surface area contributed by atoms with E-state index in [1.807, 2.05) is 0 Å². The van der Waals surface area contributed by atoms with Crippen molar-refractivity contribution in [3.8, 4) is 0 Å². The van der Waals surface area contributed by atoms with Gasteiger partial charge < -0.3 is 4.74 Å². The minimum absolute atomic E-state index is 0.454. The summed E-state index contributed by atoms with van der Waals surface area (Å²) in [5.74, 6) is 5.68. The van der Waals surface area contributed by atoms with E-state index in [1.54, 1.807) is 5.57 Å². The van der Waals surface area contributed by atoms with E-state index in [-0.39, 0.29) is 0 Å². The predicted molar refractivity (Wildman–Crippen MR) is 75.1 cm³/mol. The summed E-state index contributed by atoms with van der Waals surface area (Å²) in [6, 6.07) is 0.454. The number of rotatable bonds is 7. The molecule has 3 N–H and O–H groups in total. The maximum absolute atomic E-state index is 5.68. The molecule has 2 unspecified atom stereocenters. The Balaban J connectivity index is 1.63. The summed E-state index contributed by atoms with van der Waals surface area (Å²) in [6.07, 6.45) is 15.5.